The second-order valence-corrected chi connectivity index (χ2v) is 4.80. The molecule has 16 heavy (non-hydrogen) atoms. The highest BCUT2D eigenvalue weighted by molar-refractivity contribution is 14.1. The number of rotatable bonds is 2. The number of nitrogens with zero attached hydrogens (tertiary/aromatic N) is 4. The van der Waals surface area contributed by atoms with E-state index in [0.29, 0.717) is 19.7 Å². The van der Waals surface area contributed by atoms with E-state index in [2.05, 4.69) is 15.0 Å². The summed E-state index contributed by atoms with van der Waals surface area (Å²) in [5.41, 5.74) is 0.808. The molecule has 2 aromatic rings. The van der Waals surface area contributed by atoms with Crippen molar-refractivity contribution in [1.82, 2.24) is 19.5 Å². The monoisotopic (exact) mass is 368 g/mol. The van der Waals surface area contributed by atoms with Gasteiger partial charge in [-0.25, -0.2) is 15.0 Å². The molecule has 0 atom stereocenters. The van der Waals surface area contributed by atoms with Gasteiger partial charge in [-0.2, -0.15) is 0 Å². The van der Waals surface area contributed by atoms with Crippen molar-refractivity contribution in [2.24, 2.45) is 0 Å². The van der Waals surface area contributed by atoms with Crippen molar-refractivity contribution in [2.75, 3.05) is 0 Å². The van der Waals surface area contributed by atoms with Crippen molar-refractivity contribution < 1.29 is 0 Å². The number of imidazole rings is 1. The number of hydrogen-bond acceptors (Lipinski definition) is 3. The van der Waals surface area contributed by atoms with Gasteiger partial charge >= 0.3 is 0 Å². The minimum Gasteiger partial charge on any atom is -0.328 e. The molecule has 84 valence electrons. The number of halogens is 3. The first kappa shape index (κ1) is 12.1. The highest BCUT2D eigenvalue weighted by atomic mass is 127. The van der Waals surface area contributed by atoms with Crippen LogP contribution in [0, 0.1) is 3.57 Å². The Kier molecular flexibility index (Phi) is 3.66. The predicted molar refractivity (Wildman–Crippen MR) is 71.7 cm³/mol. The Morgan fingerprint density at radius 1 is 1.31 bits per heavy atom. The Balaban J connectivity index is 2.57. The molecule has 0 amide bonds. The zero-order chi connectivity index (χ0) is 11.7. The van der Waals surface area contributed by atoms with Crippen LogP contribution in [-0.4, -0.2) is 19.5 Å². The average molecular weight is 369 g/mol. The van der Waals surface area contributed by atoms with E-state index >= 15 is 0 Å². The maximum atomic E-state index is 5.96. The van der Waals surface area contributed by atoms with Crippen LogP contribution in [0.1, 0.15) is 6.92 Å². The molecule has 0 spiro atoms. The first-order chi connectivity index (χ1) is 7.63. The third-order valence-electron chi connectivity index (χ3n) is 2.05. The smallest absolute Gasteiger partial charge is 0.180 e. The van der Waals surface area contributed by atoms with Crippen LogP contribution in [0.25, 0.3) is 11.5 Å². The van der Waals surface area contributed by atoms with Crippen molar-refractivity contribution >= 4 is 45.8 Å². The highest BCUT2D eigenvalue weighted by Crippen LogP contribution is 2.26. The maximum absolute atomic E-state index is 5.96. The van der Waals surface area contributed by atoms with Gasteiger partial charge in [0.2, 0.25) is 0 Å². The topological polar surface area (TPSA) is 43.6 Å². The van der Waals surface area contributed by atoms with E-state index in [9.17, 15) is 0 Å². The van der Waals surface area contributed by atoms with Crippen LogP contribution in [0.4, 0.5) is 0 Å². The molecular weight excluding hydrogens is 362 g/mol. The zero-order valence-corrected chi connectivity index (χ0v) is 12.0. The molecule has 2 heterocycles. The lowest BCUT2D eigenvalue weighted by Crippen LogP contribution is -2.00. The standard InChI is InChI=1S/C9H7Cl2IN4/c1-2-16-4-13-3-5(16)9-14-7(10)6(12)8(11)15-9/h3-4H,2H2,1H3. The lowest BCUT2D eigenvalue weighted by Gasteiger charge is -2.05. The van der Waals surface area contributed by atoms with Gasteiger partial charge in [0.15, 0.2) is 5.82 Å². The van der Waals surface area contributed by atoms with E-state index in [0.717, 1.165) is 12.2 Å². The first-order valence-corrected chi connectivity index (χ1v) is 6.36. The van der Waals surface area contributed by atoms with Crippen molar-refractivity contribution in [3.05, 3.63) is 26.4 Å². The average Bonchev–Trinajstić information content (AvgIpc) is 2.73. The Morgan fingerprint density at radius 3 is 2.50 bits per heavy atom. The van der Waals surface area contributed by atoms with Crippen LogP contribution in [0.3, 0.4) is 0 Å². The molecular formula is C9H7Cl2IN4. The van der Waals surface area contributed by atoms with Gasteiger partial charge in [0.1, 0.15) is 16.0 Å². The number of aromatic nitrogens is 4. The molecule has 0 radical (unpaired) electrons. The first-order valence-electron chi connectivity index (χ1n) is 4.52. The van der Waals surface area contributed by atoms with Gasteiger partial charge in [0, 0.05) is 6.54 Å². The van der Waals surface area contributed by atoms with Gasteiger partial charge in [-0.15, -0.1) is 0 Å². The quantitative estimate of drug-likeness (QED) is 0.603. The van der Waals surface area contributed by atoms with Crippen LogP contribution < -0.4 is 0 Å². The van der Waals surface area contributed by atoms with Crippen LogP contribution in [0.15, 0.2) is 12.5 Å². The summed E-state index contributed by atoms with van der Waals surface area (Å²) in [6.07, 6.45) is 3.41. The Hall–Kier alpha value is -0.400. The molecule has 0 aliphatic rings. The summed E-state index contributed by atoms with van der Waals surface area (Å²) in [4.78, 5) is 12.4. The molecule has 0 aliphatic carbocycles. The summed E-state index contributed by atoms with van der Waals surface area (Å²) in [7, 11) is 0. The fraction of sp³-hybridized carbons (Fsp3) is 0.222. The lowest BCUT2D eigenvalue weighted by atomic mass is 10.4. The molecule has 0 fully saturated rings. The van der Waals surface area contributed by atoms with Crippen molar-refractivity contribution in [3.63, 3.8) is 0 Å². The van der Waals surface area contributed by atoms with Gasteiger partial charge in [-0.1, -0.05) is 23.2 Å². The molecule has 2 rings (SSSR count). The van der Waals surface area contributed by atoms with E-state index in [1.165, 1.54) is 0 Å². The molecule has 7 heteroatoms. The molecule has 0 aliphatic heterocycles. The summed E-state index contributed by atoms with van der Waals surface area (Å²) >= 11 is 13.9. The molecule has 2 aromatic heterocycles. The minimum atomic E-state index is 0.361. The molecule has 0 saturated carbocycles. The summed E-state index contributed by atoms with van der Waals surface area (Å²) in [6, 6.07) is 0. The summed E-state index contributed by atoms with van der Waals surface area (Å²) in [6.45, 7) is 2.81. The molecule has 0 N–H and O–H groups in total. The lowest BCUT2D eigenvalue weighted by molar-refractivity contribution is 0.763. The van der Waals surface area contributed by atoms with E-state index < -0.39 is 0 Å². The normalized spacial score (nSPS) is 10.8. The van der Waals surface area contributed by atoms with Crippen LogP contribution in [0.5, 0.6) is 0 Å². The molecule has 0 bridgehead atoms. The van der Waals surface area contributed by atoms with Crippen LogP contribution in [0.2, 0.25) is 10.3 Å². The predicted octanol–water partition coefficient (Wildman–Crippen LogP) is 3.27. The largest absolute Gasteiger partial charge is 0.328 e. The fourth-order valence-electron chi connectivity index (χ4n) is 1.27. The van der Waals surface area contributed by atoms with Gasteiger partial charge < -0.3 is 4.57 Å². The second-order valence-electron chi connectivity index (χ2n) is 3.01. The zero-order valence-electron chi connectivity index (χ0n) is 8.28. The van der Waals surface area contributed by atoms with Crippen LogP contribution >= 0.6 is 45.8 Å². The Bertz CT molecular complexity index is 503. The van der Waals surface area contributed by atoms with E-state index in [-0.39, 0.29) is 0 Å². The van der Waals surface area contributed by atoms with Gasteiger partial charge in [-0.05, 0) is 29.5 Å². The molecule has 0 aromatic carbocycles. The third kappa shape index (κ3) is 2.16. The second kappa shape index (κ2) is 4.85. The van der Waals surface area contributed by atoms with E-state index in [1.807, 2.05) is 34.1 Å². The van der Waals surface area contributed by atoms with Crippen molar-refractivity contribution in [2.45, 2.75) is 13.5 Å². The highest BCUT2D eigenvalue weighted by Gasteiger charge is 2.13. The summed E-state index contributed by atoms with van der Waals surface area (Å²) < 4.78 is 2.58. The SMILES string of the molecule is CCn1cncc1-c1nc(Cl)c(I)c(Cl)n1. The van der Waals surface area contributed by atoms with Crippen molar-refractivity contribution in [1.29, 1.82) is 0 Å². The Labute approximate surface area is 116 Å². The molecule has 0 unspecified atom stereocenters. The van der Waals surface area contributed by atoms with E-state index in [4.69, 9.17) is 23.2 Å². The number of hydrogen-bond donors (Lipinski definition) is 0. The fourth-order valence-corrected chi connectivity index (χ4v) is 1.90. The molecule has 0 saturated heterocycles. The maximum Gasteiger partial charge on any atom is 0.180 e. The minimum absolute atomic E-state index is 0.361. The van der Waals surface area contributed by atoms with Gasteiger partial charge in [0.25, 0.3) is 0 Å². The van der Waals surface area contributed by atoms with Crippen LogP contribution in [-0.2, 0) is 6.54 Å². The third-order valence-corrected chi connectivity index (χ3v) is 4.26. The Morgan fingerprint density at radius 2 is 1.94 bits per heavy atom. The van der Waals surface area contributed by atoms with Gasteiger partial charge in [-0.3, -0.25) is 0 Å². The molecule has 4 nitrogen and oxygen atoms in total. The summed E-state index contributed by atoms with van der Waals surface area (Å²) in [5, 5.41) is 0.721. The summed E-state index contributed by atoms with van der Waals surface area (Å²) in [5.74, 6) is 0.495. The van der Waals surface area contributed by atoms with Gasteiger partial charge in [0.05, 0.1) is 16.1 Å². The van der Waals surface area contributed by atoms with Crippen molar-refractivity contribution in [3.8, 4) is 11.5 Å². The van der Waals surface area contributed by atoms with E-state index in [1.54, 1.807) is 12.5 Å². The number of aryl methyl sites for hydroxylation is 1.